The smallest absolute Gasteiger partial charge is 0.144 e. The topological polar surface area (TPSA) is 9.23 Å². The lowest BCUT2D eigenvalue weighted by atomic mass is 9.90. The van der Waals surface area contributed by atoms with E-state index in [1.165, 1.54) is 16.6 Å². The van der Waals surface area contributed by atoms with Crippen LogP contribution in [0.4, 0.5) is 0 Å². The number of benzene rings is 1. The summed E-state index contributed by atoms with van der Waals surface area (Å²) in [4.78, 5) is 0. The van der Waals surface area contributed by atoms with Crippen LogP contribution in [0.3, 0.4) is 0 Å². The Morgan fingerprint density at radius 2 is 2.29 bits per heavy atom. The summed E-state index contributed by atoms with van der Waals surface area (Å²) in [6.45, 7) is 0. The number of hydrogen-bond acceptors (Lipinski definition) is 1. The molecule has 1 unspecified atom stereocenters. The molecule has 1 nitrogen and oxygen atoms in total. The van der Waals surface area contributed by atoms with Crippen LogP contribution < -0.4 is 10.2 Å². The Balaban J connectivity index is 2.20. The Hall–Kier alpha value is -1.44. The van der Waals surface area contributed by atoms with Crippen LogP contribution in [0.15, 0.2) is 36.4 Å². The zero-order chi connectivity index (χ0) is 9.54. The molecule has 2 heteroatoms. The summed E-state index contributed by atoms with van der Waals surface area (Å²) in [5.74, 6) is 1.08. The zero-order valence-corrected chi connectivity index (χ0v) is 8.16. The van der Waals surface area contributed by atoms with E-state index in [4.69, 9.17) is 4.74 Å². The Bertz CT molecular complexity index is 446. The van der Waals surface area contributed by atoms with Gasteiger partial charge in [0.1, 0.15) is 19.7 Å². The Morgan fingerprint density at radius 3 is 3.21 bits per heavy atom. The molecule has 3 rings (SSSR count). The molecule has 0 aromatic heterocycles. The van der Waals surface area contributed by atoms with E-state index in [0.717, 1.165) is 12.2 Å². The lowest BCUT2D eigenvalue weighted by molar-refractivity contribution is 0.281. The van der Waals surface area contributed by atoms with Crippen LogP contribution in [0, 0.1) is 0 Å². The maximum Gasteiger partial charge on any atom is 0.144 e. The minimum Gasteiger partial charge on any atom is -0.485 e. The van der Waals surface area contributed by atoms with Crippen LogP contribution in [0.25, 0.3) is 5.57 Å². The second-order valence-corrected chi connectivity index (χ2v) is 3.84. The average molecular weight is 182 g/mol. The van der Waals surface area contributed by atoms with Gasteiger partial charge in [0.2, 0.25) is 0 Å². The third-order valence-electron chi connectivity index (χ3n) is 2.89. The number of ether oxygens (including phenoxy) is 1. The largest absolute Gasteiger partial charge is 0.485 e. The molecule has 1 heterocycles. The molecular formula is C12H11BO. The molecule has 1 aliphatic heterocycles. The molecule has 0 saturated carbocycles. The first kappa shape index (κ1) is 7.92. The lowest BCUT2D eigenvalue weighted by Gasteiger charge is -2.12. The molecular weight excluding hydrogens is 171 g/mol. The molecule has 0 N–H and O–H groups in total. The van der Waals surface area contributed by atoms with E-state index in [9.17, 15) is 0 Å². The van der Waals surface area contributed by atoms with Gasteiger partial charge in [-0.3, -0.25) is 0 Å². The van der Waals surface area contributed by atoms with Crippen molar-refractivity contribution in [3.05, 3.63) is 42.0 Å². The zero-order valence-electron chi connectivity index (χ0n) is 8.16. The fraction of sp³-hybridized carbons (Fsp3) is 0.167. The predicted molar refractivity (Wildman–Crippen MR) is 60.8 cm³/mol. The van der Waals surface area contributed by atoms with E-state index in [0.29, 0.717) is 0 Å². The van der Waals surface area contributed by atoms with Gasteiger partial charge in [-0.05, 0) is 5.46 Å². The molecule has 68 valence electrons. The molecule has 0 amide bonds. The average Bonchev–Trinajstić information content (AvgIpc) is 2.59. The van der Waals surface area contributed by atoms with Crippen molar-refractivity contribution in [3.8, 4) is 5.75 Å². The molecule has 1 aromatic carbocycles. The van der Waals surface area contributed by atoms with E-state index in [1.807, 2.05) is 0 Å². The Kier molecular flexibility index (Phi) is 1.57. The normalized spacial score (nSPS) is 22.3. The maximum atomic E-state index is 5.92. The maximum absolute atomic E-state index is 5.92. The molecule has 1 atom stereocenters. The van der Waals surface area contributed by atoms with E-state index < -0.39 is 0 Å². The number of fused-ring (bicyclic) bond motifs is 3. The summed E-state index contributed by atoms with van der Waals surface area (Å²) < 4.78 is 5.92. The van der Waals surface area contributed by atoms with Gasteiger partial charge >= 0.3 is 0 Å². The first-order chi connectivity index (χ1) is 6.86. The first-order valence-corrected chi connectivity index (χ1v) is 4.99. The summed E-state index contributed by atoms with van der Waals surface area (Å²) in [5.41, 5.74) is 3.85. The highest BCUT2D eigenvalue weighted by atomic mass is 16.5. The van der Waals surface area contributed by atoms with Crippen LogP contribution in [-0.4, -0.2) is 14.0 Å². The standard InChI is InChI=1S/C12H11BO/c13-10-6-3-5-9-8-4-1-2-7-11(8)14-12(9)10/h1-6,11H,7,13H2. The fourth-order valence-corrected chi connectivity index (χ4v) is 2.16. The van der Waals surface area contributed by atoms with Crippen LogP contribution in [0.5, 0.6) is 5.75 Å². The van der Waals surface area contributed by atoms with Crippen LogP contribution >= 0.6 is 0 Å². The first-order valence-electron chi connectivity index (χ1n) is 4.99. The second-order valence-electron chi connectivity index (χ2n) is 3.84. The predicted octanol–water partition coefficient (Wildman–Crippen LogP) is 1.05. The van der Waals surface area contributed by atoms with E-state index >= 15 is 0 Å². The SMILES string of the molecule is Bc1cccc2c1OC1CC=CC=C21. The molecule has 0 fully saturated rings. The van der Waals surface area contributed by atoms with Gasteiger partial charge in [0, 0.05) is 17.6 Å². The molecule has 1 aromatic rings. The molecule has 2 aliphatic rings. The third kappa shape index (κ3) is 0.970. The van der Waals surface area contributed by atoms with Crippen molar-refractivity contribution in [3.63, 3.8) is 0 Å². The summed E-state index contributed by atoms with van der Waals surface area (Å²) in [6.07, 6.45) is 7.71. The number of allylic oxidation sites excluding steroid dienone is 2. The summed E-state index contributed by atoms with van der Waals surface area (Å²) in [6, 6.07) is 6.34. The van der Waals surface area contributed by atoms with Crippen molar-refractivity contribution >= 4 is 18.9 Å². The molecule has 0 radical (unpaired) electrons. The number of hydrogen-bond donors (Lipinski definition) is 0. The van der Waals surface area contributed by atoms with Gasteiger partial charge in [0.15, 0.2) is 0 Å². The van der Waals surface area contributed by atoms with Gasteiger partial charge in [0.05, 0.1) is 0 Å². The molecule has 0 spiro atoms. The van der Waals surface area contributed by atoms with E-state index in [1.54, 1.807) is 0 Å². The van der Waals surface area contributed by atoms with Crippen molar-refractivity contribution in [1.29, 1.82) is 0 Å². The van der Waals surface area contributed by atoms with Gasteiger partial charge in [-0.15, -0.1) is 0 Å². The molecule has 14 heavy (non-hydrogen) atoms. The highest BCUT2D eigenvalue weighted by Gasteiger charge is 2.29. The summed E-state index contributed by atoms with van der Waals surface area (Å²) in [7, 11) is 2.10. The third-order valence-corrected chi connectivity index (χ3v) is 2.89. The van der Waals surface area contributed by atoms with Crippen molar-refractivity contribution < 1.29 is 4.74 Å². The van der Waals surface area contributed by atoms with Gasteiger partial charge in [-0.25, -0.2) is 0 Å². The van der Waals surface area contributed by atoms with E-state index in [2.05, 4.69) is 44.3 Å². The highest BCUT2D eigenvalue weighted by Crippen LogP contribution is 2.38. The second kappa shape index (κ2) is 2.78. The molecule has 1 aliphatic carbocycles. The summed E-state index contributed by atoms with van der Waals surface area (Å²) >= 11 is 0. The minimum atomic E-state index is 0.260. The molecule has 0 bridgehead atoms. The van der Waals surface area contributed by atoms with Crippen molar-refractivity contribution in [2.45, 2.75) is 12.5 Å². The fourth-order valence-electron chi connectivity index (χ4n) is 2.16. The van der Waals surface area contributed by atoms with Gasteiger partial charge in [0.25, 0.3) is 0 Å². The number of para-hydroxylation sites is 1. The van der Waals surface area contributed by atoms with E-state index in [-0.39, 0.29) is 6.10 Å². The Morgan fingerprint density at radius 1 is 1.36 bits per heavy atom. The van der Waals surface area contributed by atoms with Gasteiger partial charge in [-0.2, -0.15) is 0 Å². The number of rotatable bonds is 0. The van der Waals surface area contributed by atoms with Crippen molar-refractivity contribution in [1.82, 2.24) is 0 Å². The minimum absolute atomic E-state index is 0.260. The van der Waals surface area contributed by atoms with Gasteiger partial charge < -0.3 is 4.74 Å². The van der Waals surface area contributed by atoms with Crippen LogP contribution in [-0.2, 0) is 0 Å². The summed E-state index contributed by atoms with van der Waals surface area (Å²) in [5, 5.41) is 0. The van der Waals surface area contributed by atoms with Crippen molar-refractivity contribution in [2.75, 3.05) is 0 Å². The molecule has 0 saturated heterocycles. The van der Waals surface area contributed by atoms with Crippen LogP contribution in [0.1, 0.15) is 12.0 Å². The quantitative estimate of drug-likeness (QED) is 0.545. The highest BCUT2D eigenvalue weighted by molar-refractivity contribution is 6.34. The van der Waals surface area contributed by atoms with Crippen molar-refractivity contribution in [2.24, 2.45) is 0 Å². The monoisotopic (exact) mass is 182 g/mol. The van der Waals surface area contributed by atoms with Crippen LogP contribution in [0.2, 0.25) is 0 Å². The van der Waals surface area contributed by atoms with Gasteiger partial charge in [-0.1, -0.05) is 36.4 Å². The lowest BCUT2D eigenvalue weighted by Crippen LogP contribution is -2.14. The Labute approximate surface area is 84.5 Å².